The van der Waals surface area contributed by atoms with E-state index in [1.165, 1.54) is 11.1 Å². The molecule has 1 aliphatic rings. The minimum absolute atomic E-state index is 0.156. The van der Waals surface area contributed by atoms with Gasteiger partial charge in [-0.25, -0.2) is 4.68 Å². The number of aromatic nitrogens is 3. The highest BCUT2D eigenvalue weighted by atomic mass is 35.5. The lowest BCUT2D eigenvalue weighted by Crippen LogP contribution is -2.23. The van der Waals surface area contributed by atoms with Crippen molar-refractivity contribution in [1.29, 1.82) is 0 Å². The highest BCUT2D eigenvalue weighted by Crippen LogP contribution is 2.27. The van der Waals surface area contributed by atoms with Crippen molar-refractivity contribution in [1.82, 2.24) is 19.9 Å². The summed E-state index contributed by atoms with van der Waals surface area (Å²) in [5, 5.41) is 9.32. The molecule has 1 saturated heterocycles. The predicted molar refractivity (Wildman–Crippen MR) is 101 cm³/mol. The molecule has 0 bridgehead atoms. The first-order chi connectivity index (χ1) is 12.7. The maximum absolute atomic E-state index is 6.24. The average molecular weight is 369 g/mol. The van der Waals surface area contributed by atoms with Crippen LogP contribution in [0.5, 0.6) is 0 Å². The van der Waals surface area contributed by atoms with Crippen molar-refractivity contribution in [2.75, 3.05) is 13.2 Å². The van der Waals surface area contributed by atoms with E-state index in [9.17, 15) is 0 Å². The van der Waals surface area contributed by atoms with Crippen molar-refractivity contribution in [2.24, 2.45) is 0 Å². The Balaban J connectivity index is 1.47. The minimum Gasteiger partial charge on any atom is -0.356 e. The smallest absolute Gasteiger partial charge is 0.157 e. The minimum atomic E-state index is -0.156. The molecule has 3 aromatic rings. The van der Waals surface area contributed by atoms with Gasteiger partial charge in [-0.1, -0.05) is 64.8 Å². The number of hydrogen-bond acceptors (Lipinski definition) is 4. The van der Waals surface area contributed by atoms with Crippen molar-refractivity contribution >= 4 is 11.6 Å². The summed E-state index contributed by atoms with van der Waals surface area (Å²) in [6, 6.07) is 16.4. The third-order valence-electron chi connectivity index (χ3n) is 4.59. The molecular weight excluding hydrogens is 348 g/mol. The van der Waals surface area contributed by atoms with Crippen LogP contribution < -0.4 is 0 Å². The Kier molecular flexibility index (Phi) is 5.02. The van der Waals surface area contributed by atoms with Crippen molar-refractivity contribution in [2.45, 2.75) is 26.2 Å². The lowest BCUT2D eigenvalue weighted by atomic mass is 10.1. The topological polar surface area (TPSA) is 43.2 Å². The van der Waals surface area contributed by atoms with Crippen molar-refractivity contribution in [3.05, 3.63) is 82.1 Å². The Bertz CT molecular complexity index is 878. The molecule has 4 rings (SSSR count). The van der Waals surface area contributed by atoms with E-state index in [0.717, 1.165) is 29.4 Å². The van der Waals surface area contributed by atoms with Crippen LogP contribution in [-0.4, -0.2) is 33.0 Å². The van der Waals surface area contributed by atoms with Gasteiger partial charge in [-0.2, -0.15) is 0 Å². The van der Waals surface area contributed by atoms with E-state index in [2.05, 4.69) is 46.4 Å². The first-order valence-corrected chi connectivity index (χ1v) is 9.11. The lowest BCUT2D eigenvalue weighted by molar-refractivity contribution is 0.0252. The van der Waals surface area contributed by atoms with Crippen LogP contribution in [0.25, 0.3) is 0 Å². The zero-order chi connectivity index (χ0) is 17.9. The average Bonchev–Trinajstić information content (AvgIpc) is 3.28. The second kappa shape index (κ2) is 7.58. The second-order valence-corrected chi connectivity index (χ2v) is 7.02. The molecule has 5 nitrogen and oxygen atoms in total. The number of benzene rings is 2. The summed E-state index contributed by atoms with van der Waals surface area (Å²) in [4.78, 5) is 2.29. The molecule has 0 saturated carbocycles. The van der Waals surface area contributed by atoms with Gasteiger partial charge in [-0.3, -0.25) is 4.90 Å². The van der Waals surface area contributed by atoms with E-state index in [0.29, 0.717) is 13.2 Å². The van der Waals surface area contributed by atoms with Gasteiger partial charge in [0.05, 0.1) is 19.3 Å². The third kappa shape index (κ3) is 3.80. The Morgan fingerprint density at radius 3 is 2.73 bits per heavy atom. The highest BCUT2D eigenvalue weighted by molar-refractivity contribution is 6.31. The number of rotatable bonds is 5. The zero-order valence-electron chi connectivity index (χ0n) is 14.7. The Hall–Kier alpha value is -2.21. The standard InChI is InChI=1S/C20H21ClN4O/c1-15-6-8-16(9-7-15)12-24-10-11-26-20(24)19-14-25(23-22-19)13-17-4-2-3-5-18(17)21/h2-9,14,20H,10-13H2,1H3/t20-/m0/s1. The first-order valence-electron chi connectivity index (χ1n) is 8.74. The van der Waals surface area contributed by atoms with Crippen LogP contribution in [0.2, 0.25) is 5.02 Å². The lowest BCUT2D eigenvalue weighted by Gasteiger charge is -2.21. The zero-order valence-corrected chi connectivity index (χ0v) is 15.4. The van der Waals surface area contributed by atoms with Crippen LogP contribution in [0.4, 0.5) is 0 Å². The van der Waals surface area contributed by atoms with Crippen LogP contribution in [0, 0.1) is 6.92 Å². The molecule has 0 N–H and O–H groups in total. The van der Waals surface area contributed by atoms with E-state index in [-0.39, 0.29) is 6.23 Å². The number of aryl methyl sites for hydroxylation is 1. The van der Waals surface area contributed by atoms with Crippen molar-refractivity contribution in [3.63, 3.8) is 0 Å². The maximum atomic E-state index is 6.24. The Morgan fingerprint density at radius 1 is 1.12 bits per heavy atom. The summed E-state index contributed by atoms with van der Waals surface area (Å²) in [5.74, 6) is 0. The van der Waals surface area contributed by atoms with Crippen LogP contribution >= 0.6 is 11.6 Å². The van der Waals surface area contributed by atoms with Gasteiger partial charge in [-0.05, 0) is 24.1 Å². The summed E-state index contributed by atoms with van der Waals surface area (Å²) >= 11 is 6.24. The fourth-order valence-electron chi connectivity index (χ4n) is 3.17. The molecule has 0 radical (unpaired) electrons. The fraction of sp³-hybridized carbons (Fsp3) is 0.300. The van der Waals surface area contributed by atoms with E-state index < -0.39 is 0 Å². The van der Waals surface area contributed by atoms with Gasteiger partial charge in [0.1, 0.15) is 5.69 Å². The molecule has 26 heavy (non-hydrogen) atoms. The molecule has 1 fully saturated rings. The third-order valence-corrected chi connectivity index (χ3v) is 4.96. The second-order valence-electron chi connectivity index (χ2n) is 6.61. The molecule has 134 valence electrons. The molecule has 0 aliphatic carbocycles. The van der Waals surface area contributed by atoms with Crippen molar-refractivity contribution in [3.8, 4) is 0 Å². The normalized spacial score (nSPS) is 17.7. The van der Waals surface area contributed by atoms with Gasteiger partial charge in [0.2, 0.25) is 0 Å². The fourth-order valence-corrected chi connectivity index (χ4v) is 3.37. The quantitative estimate of drug-likeness (QED) is 0.686. The Labute approximate surface area is 158 Å². The number of nitrogens with zero attached hydrogens (tertiary/aromatic N) is 4. The van der Waals surface area contributed by atoms with Gasteiger partial charge in [0, 0.05) is 18.1 Å². The SMILES string of the molecule is Cc1ccc(CN2CCO[C@H]2c2cn(Cc3ccccc3Cl)nn2)cc1. The largest absolute Gasteiger partial charge is 0.356 e. The van der Waals surface area contributed by atoms with Crippen LogP contribution in [-0.2, 0) is 17.8 Å². The van der Waals surface area contributed by atoms with Gasteiger partial charge < -0.3 is 4.74 Å². The molecular formula is C20H21ClN4O. The van der Waals surface area contributed by atoms with Crippen LogP contribution in [0.3, 0.4) is 0 Å². The molecule has 0 amide bonds. The molecule has 1 aliphatic heterocycles. The summed E-state index contributed by atoms with van der Waals surface area (Å²) in [6.45, 7) is 5.12. The number of ether oxygens (including phenoxy) is 1. The molecule has 6 heteroatoms. The van der Waals surface area contributed by atoms with E-state index in [4.69, 9.17) is 16.3 Å². The predicted octanol–water partition coefficient (Wildman–Crippen LogP) is 3.82. The van der Waals surface area contributed by atoms with E-state index >= 15 is 0 Å². The molecule has 1 aromatic heterocycles. The Morgan fingerprint density at radius 2 is 1.92 bits per heavy atom. The van der Waals surface area contributed by atoms with Gasteiger partial charge >= 0.3 is 0 Å². The van der Waals surface area contributed by atoms with Gasteiger partial charge in [0.15, 0.2) is 6.23 Å². The molecule has 2 aromatic carbocycles. The van der Waals surface area contributed by atoms with Gasteiger partial charge in [0.25, 0.3) is 0 Å². The summed E-state index contributed by atoms with van der Waals surface area (Å²) in [7, 11) is 0. The first kappa shape index (κ1) is 17.2. The molecule has 0 spiro atoms. The van der Waals surface area contributed by atoms with E-state index in [1.54, 1.807) is 0 Å². The summed E-state index contributed by atoms with van der Waals surface area (Å²) in [6.07, 6.45) is 1.79. The summed E-state index contributed by atoms with van der Waals surface area (Å²) < 4.78 is 7.73. The molecule has 0 unspecified atom stereocenters. The molecule has 1 atom stereocenters. The van der Waals surface area contributed by atoms with Crippen LogP contribution in [0.1, 0.15) is 28.6 Å². The monoisotopic (exact) mass is 368 g/mol. The van der Waals surface area contributed by atoms with E-state index in [1.807, 2.05) is 35.1 Å². The van der Waals surface area contributed by atoms with Gasteiger partial charge in [-0.15, -0.1) is 5.10 Å². The highest BCUT2D eigenvalue weighted by Gasteiger charge is 2.29. The number of hydrogen-bond donors (Lipinski definition) is 0. The number of halogens is 1. The van der Waals surface area contributed by atoms with Crippen molar-refractivity contribution < 1.29 is 4.74 Å². The summed E-state index contributed by atoms with van der Waals surface area (Å²) in [5.41, 5.74) is 4.40. The molecule has 2 heterocycles. The maximum Gasteiger partial charge on any atom is 0.157 e. The van der Waals surface area contributed by atoms with Crippen LogP contribution in [0.15, 0.2) is 54.7 Å².